The van der Waals surface area contributed by atoms with E-state index >= 15 is 0 Å². The van der Waals surface area contributed by atoms with Crippen LogP contribution < -0.4 is 25.2 Å². The number of carbonyl (C=O) groups is 5. The van der Waals surface area contributed by atoms with Gasteiger partial charge in [0.1, 0.15) is 29.4 Å². The predicted molar refractivity (Wildman–Crippen MR) is 200 cm³/mol. The van der Waals surface area contributed by atoms with E-state index in [9.17, 15) is 24.0 Å². The molecule has 3 aromatic rings. The Labute approximate surface area is 322 Å². The lowest BCUT2D eigenvalue weighted by atomic mass is 9.93. The molecule has 5 heterocycles. The van der Waals surface area contributed by atoms with E-state index in [1.807, 2.05) is 12.1 Å². The fourth-order valence-corrected chi connectivity index (χ4v) is 8.33. The number of hydrogen-bond donors (Lipinski definition) is 2. The summed E-state index contributed by atoms with van der Waals surface area (Å²) in [4.78, 5) is 80.0. The Kier molecular flexibility index (Phi) is 10.1. The molecule has 5 aliphatic rings. The lowest BCUT2D eigenvalue weighted by Crippen LogP contribution is -2.55. The monoisotopic (exact) mass is 765 g/mol. The first kappa shape index (κ1) is 36.4. The normalized spacial score (nSPS) is 23.2. The molecule has 0 spiro atoms. The third kappa shape index (κ3) is 7.56. The van der Waals surface area contributed by atoms with Gasteiger partial charge in [0.25, 0.3) is 17.7 Å². The molecule has 1 saturated carbocycles. The number of halogens is 1. The van der Waals surface area contributed by atoms with E-state index in [2.05, 4.69) is 35.3 Å². The standard InChI is InChI=1S/C39H40ClN9O6/c40-31-16-28(5-1-24(31)17-41)55-27-6-2-25(3-7-27)44-36(51)32-18-43-34(19-42-32)48-21-23(22-48)20-46-11-13-47(14-12-46)26-4-8-29-30(15-26)39(54)49(38(29)53)33-9-10-35(50)45-37(33)52/h1,4-5,8,15-16,18-19,23,25,27,33H,2-3,6-7,9-14,20-22H2,(H,44,51)(H,45,50,52)/t25-,27-,33?. The van der Waals surface area contributed by atoms with Gasteiger partial charge in [0, 0.05) is 75.9 Å². The van der Waals surface area contributed by atoms with Crippen molar-refractivity contribution < 1.29 is 28.7 Å². The number of fused-ring (bicyclic) bond motifs is 1. The number of benzene rings is 2. The van der Waals surface area contributed by atoms with Gasteiger partial charge in [0.05, 0.1) is 40.2 Å². The number of amides is 5. The van der Waals surface area contributed by atoms with Gasteiger partial charge < -0.3 is 19.9 Å². The highest BCUT2D eigenvalue weighted by Gasteiger charge is 2.45. The van der Waals surface area contributed by atoms with Gasteiger partial charge in [-0.15, -0.1) is 0 Å². The number of imide groups is 2. The molecule has 284 valence electrons. The zero-order chi connectivity index (χ0) is 38.2. The molecule has 0 bridgehead atoms. The first-order chi connectivity index (χ1) is 26.6. The van der Waals surface area contributed by atoms with Crippen LogP contribution in [0, 0.1) is 17.2 Å². The predicted octanol–water partition coefficient (Wildman–Crippen LogP) is 2.78. The number of nitrogens with one attached hydrogen (secondary N) is 2. The van der Waals surface area contributed by atoms with Crippen LogP contribution in [0.5, 0.6) is 5.75 Å². The summed E-state index contributed by atoms with van der Waals surface area (Å²) in [5, 5.41) is 14.8. The SMILES string of the molecule is N#Cc1ccc(O[C@H]2CC[C@H](NC(=O)c3cnc(N4CC(CN5CCN(c6ccc7c(c6)C(=O)N(C6CCC(=O)NC6=O)C7=O)CC5)C4)cn3)CC2)cc1Cl. The molecule has 2 N–H and O–H groups in total. The van der Waals surface area contributed by atoms with E-state index in [-0.39, 0.29) is 42.2 Å². The van der Waals surface area contributed by atoms with Crippen molar-refractivity contribution in [3.05, 3.63) is 76.2 Å². The minimum atomic E-state index is -0.981. The van der Waals surface area contributed by atoms with E-state index in [0.29, 0.717) is 27.8 Å². The number of hydrogen-bond acceptors (Lipinski definition) is 12. The van der Waals surface area contributed by atoms with Gasteiger partial charge in [-0.2, -0.15) is 5.26 Å². The minimum absolute atomic E-state index is 0.0155. The molecular weight excluding hydrogens is 726 g/mol. The van der Waals surface area contributed by atoms with E-state index < -0.39 is 29.7 Å². The number of aromatic nitrogens is 2. The van der Waals surface area contributed by atoms with Gasteiger partial charge >= 0.3 is 0 Å². The van der Waals surface area contributed by atoms with Crippen LogP contribution in [0.2, 0.25) is 5.02 Å². The molecule has 2 aromatic carbocycles. The number of anilines is 2. The van der Waals surface area contributed by atoms with Crippen molar-refractivity contribution >= 4 is 52.6 Å². The quantitative estimate of drug-likeness (QED) is 0.305. The van der Waals surface area contributed by atoms with Crippen LogP contribution in [0.1, 0.15) is 75.3 Å². The Morgan fingerprint density at radius 1 is 0.909 bits per heavy atom. The van der Waals surface area contributed by atoms with Crippen molar-refractivity contribution in [2.24, 2.45) is 5.92 Å². The zero-order valence-corrected chi connectivity index (χ0v) is 30.8. The molecule has 1 unspecified atom stereocenters. The van der Waals surface area contributed by atoms with E-state index in [4.69, 9.17) is 21.6 Å². The second-order valence-electron chi connectivity index (χ2n) is 14.8. The van der Waals surface area contributed by atoms with Gasteiger partial charge in [-0.1, -0.05) is 11.6 Å². The van der Waals surface area contributed by atoms with Gasteiger partial charge in [-0.25, -0.2) is 9.97 Å². The molecule has 0 radical (unpaired) electrons. The fourth-order valence-electron chi connectivity index (χ4n) is 8.12. The Bertz CT molecular complexity index is 2070. The Morgan fingerprint density at radius 2 is 1.67 bits per heavy atom. The van der Waals surface area contributed by atoms with Crippen molar-refractivity contribution in [1.29, 1.82) is 5.26 Å². The highest BCUT2D eigenvalue weighted by atomic mass is 35.5. The Balaban J connectivity index is 0.754. The summed E-state index contributed by atoms with van der Waals surface area (Å²) in [5.74, 6) is -0.393. The number of carbonyl (C=O) groups excluding carboxylic acids is 5. The molecule has 16 heteroatoms. The van der Waals surface area contributed by atoms with Crippen LogP contribution in [0.25, 0.3) is 0 Å². The summed E-state index contributed by atoms with van der Waals surface area (Å²) in [5.41, 5.74) is 2.13. The number of nitrogens with zero attached hydrogens (tertiary/aromatic N) is 7. The van der Waals surface area contributed by atoms with Crippen molar-refractivity contribution in [2.75, 3.05) is 55.6 Å². The maximum atomic E-state index is 13.3. The molecule has 1 aliphatic carbocycles. The molecule has 1 aromatic heterocycles. The number of ether oxygens (including phenoxy) is 1. The Morgan fingerprint density at radius 3 is 2.36 bits per heavy atom. The van der Waals surface area contributed by atoms with E-state index in [1.165, 1.54) is 6.20 Å². The van der Waals surface area contributed by atoms with E-state index in [1.54, 1.807) is 36.5 Å². The summed E-state index contributed by atoms with van der Waals surface area (Å²) in [6, 6.07) is 11.4. The molecule has 4 fully saturated rings. The van der Waals surface area contributed by atoms with Crippen LogP contribution in [0.3, 0.4) is 0 Å². The highest BCUT2D eigenvalue weighted by Crippen LogP contribution is 2.32. The summed E-state index contributed by atoms with van der Waals surface area (Å²) < 4.78 is 6.06. The highest BCUT2D eigenvalue weighted by molar-refractivity contribution is 6.31. The lowest BCUT2D eigenvalue weighted by molar-refractivity contribution is -0.136. The Hall–Kier alpha value is -5.59. The summed E-state index contributed by atoms with van der Waals surface area (Å²) in [7, 11) is 0. The average molecular weight is 766 g/mol. The first-order valence-electron chi connectivity index (χ1n) is 18.7. The number of piperidine rings is 1. The summed E-state index contributed by atoms with van der Waals surface area (Å²) in [6.07, 6.45) is 6.55. The largest absolute Gasteiger partial charge is 0.490 e. The second-order valence-corrected chi connectivity index (χ2v) is 15.2. The molecule has 1 atom stereocenters. The molecule has 8 rings (SSSR count). The third-order valence-corrected chi connectivity index (χ3v) is 11.5. The number of nitriles is 1. The van der Waals surface area contributed by atoms with Crippen molar-refractivity contribution in [3.63, 3.8) is 0 Å². The van der Waals surface area contributed by atoms with Crippen LogP contribution in [0.15, 0.2) is 48.8 Å². The maximum Gasteiger partial charge on any atom is 0.271 e. The van der Waals surface area contributed by atoms with Crippen molar-refractivity contribution in [2.45, 2.75) is 56.7 Å². The van der Waals surface area contributed by atoms with Crippen LogP contribution in [-0.4, -0.2) is 113 Å². The molecule has 55 heavy (non-hydrogen) atoms. The fraction of sp³-hybridized carbons (Fsp3) is 0.436. The van der Waals surface area contributed by atoms with Gasteiger partial charge in [-0.05, 0) is 62.4 Å². The molecule has 3 saturated heterocycles. The van der Waals surface area contributed by atoms with E-state index in [0.717, 1.165) is 87.9 Å². The van der Waals surface area contributed by atoms with Gasteiger partial charge in [0.2, 0.25) is 11.8 Å². The smallest absolute Gasteiger partial charge is 0.271 e. The molecular formula is C39H40ClN9O6. The van der Waals surface area contributed by atoms with Gasteiger partial charge in [0.15, 0.2) is 0 Å². The number of piperazine rings is 1. The van der Waals surface area contributed by atoms with Crippen LogP contribution >= 0.6 is 11.6 Å². The van der Waals surface area contributed by atoms with Crippen molar-refractivity contribution in [3.8, 4) is 11.8 Å². The van der Waals surface area contributed by atoms with Crippen LogP contribution in [0.4, 0.5) is 11.5 Å². The maximum absolute atomic E-state index is 13.3. The molecule has 4 aliphatic heterocycles. The third-order valence-electron chi connectivity index (χ3n) is 11.2. The van der Waals surface area contributed by atoms with Crippen LogP contribution in [-0.2, 0) is 9.59 Å². The molecule has 5 amide bonds. The average Bonchev–Trinajstić information content (AvgIpc) is 3.42. The summed E-state index contributed by atoms with van der Waals surface area (Å²) in [6.45, 7) is 5.90. The minimum Gasteiger partial charge on any atom is -0.490 e. The number of rotatable bonds is 9. The second kappa shape index (κ2) is 15.3. The zero-order valence-electron chi connectivity index (χ0n) is 30.1. The lowest BCUT2D eigenvalue weighted by Gasteiger charge is -2.44. The first-order valence-corrected chi connectivity index (χ1v) is 19.1. The van der Waals surface area contributed by atoms with Gasteiger partial charge in [-0.3, -0.25) is 39.1 Å². The molecule has 15 nitrogen and oxygen atoms in total. The topological polar surface area (TPSA) is 181 Å². The van der Waals surface area contributed by atoms with Crippen molar-refractivity contribution in [1.82, 2.24) is 30.4 Å². The summed E-state index contributed by atoms with van der Waals surface area (Å²) >= 11 is 6.13.